The summed E-state index contributed by atoms with van der Waals surface area (Å²) < 4.78 is 7.49. The minimum atomic E-state index is -0.335. The van der Waals surface area contributed by atoms with E-state index in [9.17, 15) is 4.79 Å². The lowest BCUT2D eigenvalue weighted by Gasteiger charge is -2.15. The molecule has 0 saturated heterocycles. The average molecular weight is 344 g/mol. The van der Waals surface area contributed by atoms with Crippen LogP contribution < -0.4 is 5.32 Å². The number of aromatic nitrogens is 3. The second kappa shape index (κ2) is 7.09. The minimum Gasteiger partial charge on any atom is -0.431 e. The summed E-state index contributed by atoms with van der Waals surface area (Å²) >= 11 is 1.30. The zero-order chi connectivity index (χ0) is 17.1. The van der Waals surface area contributed by atoms with Crippen molar-refractivity contribution in [3.8, 4) is 0 Å². The first kappa shape index (κ1) is 16.6. The number of oxazole rings is 1. The number of rotatable bonds is 6. The van der Waals surface area contributed by atoms with Gasteiger partial charge in [0.15, 0.2) is 5.58 Å². The molecule has 126 valence electrons. The maximum absolute atomic E-state index is 12.5. The Morgan fingerprint density at radius 3 is 2.88 bits per heavy atom. The summed E-state index contributed by atoms with van der Waals surface area (Å²) in [5, 5.41) is 7.37. The lowest BCUT2D eigenvalue weighted by Crippen LogP contribution is -2.24. The normalized spacial score (nSPS) is 13.8. The third-order valence-corrected chi connectivity index (χ3v) is 4.79. The number of thioether (sulfide) groups is 1. The molecule has 0 fully saturated rings. The molecule has 0 aliphatic carbocycles. The maximum Gasteiger partial charge on any atom is 0.257 e. The van der Waals surface area contributed by atoms with Crippen molar-refractivity contribution in [2.24, 2.45) is 0 Å². The molecule has 7 heteroatoms. The summed E-state index contributed by atoms with van der Waals surface area (Å²) in [7, 11) is 0. The second-order valence-electron chi connectivity index (χ2n) is 5.62. The molecule has 1 aromatic carbocycles. The second-order valence-corrected chi connectivity index (χ2v) is 6.91. The molecule has 0 radical (unpaired) electrons. The van der Waals surface area contributed by atoms with Crippen molar-refractivity contribution < 1.29 is 9.21 Å². The van der Waals surface area contributed by atoms with Crippen LogP contribution in [-0.4, -0.2) is 25.9 Å². The zero-order valence-corrected chi connectivity index (χ0v) is 14.7. The number of hydrogen-bond acceptors (Lipinski definition) is 5. The van der Waals surface area contributed by atoms with Crippen LogP contribution in [0.5, 0.6) is 0 Å². The first-order chi connectivity index (χ1) is 11.6. The number of anilines is 1. The molecule has 2 atom stereocenters. The third-order valence-electron chi connectivity index (χ3n) is 3.85. The minimum absolute atomic E-state index is 0.104. The molecular formula is C17H20N4O2S. The van der Waals surface area contributed by atoms with Gasteiger partial charge in [-0.05, 0) is 32.4 Å². The van der Waals surface area contributed by atoms with Gasteiger partial charge in [-0.3, -0.25) is 4.79 Å². The van der Waals surface area contributed by atoms with Crippen molar-refractivity contribution in [1.29, 1.82) is 0 Å². The highest BCUT2D eigenvalue weighted by atomic mass is 32.2. The van der Waals surface area contributed by atoms with E-state index in [0.29, 0.717) is 11.0 Å². The molecule has 0 aliphatic heterocycles. The lowest BCUT2D eigenvalue weighted by atomic mass is 10.3. The summed E-state index contributed by atoms with van der Waals surface area (Å²) in [5.74, 6) is 0.603. The Labute approximate surface area is 144 Å². The van der Waals surface area contributed by atoms with Crippen LogP contribution >= 0.6 is 11.8 Å². The fourth-order valence-electron chi connectivity index (χ4n) is 2.27. The van der Waals surface area contributed by atoms with Crippen LogP contribution in [0.2, 0.25) is 0 Å². The number of para-hydroxylation sites is 2. The van der Waals surface area contributed by atoms with E-state index in [2.05, 4.69) is 29.2 Å². The van der Waals surface area contributed by atoms with E-state index >= 15 is 0 Å². The van der Waals surface area contributed by atoms with Crippen LogP contribution in [0.4, 0.5) is 5.82 Å². The van der Waals surface area contributed by atoms with Gasteiger partial charge in [-0.25, -0.2) is 9.67 Å². The summed E-state index contributed by atoms with van der Waals surface area (Å²) in [4.78, 5) is 16.8. The summed E-state index contributed by atoms with van der Waals surface area (Å²) in [6.45, 7) is 5.99. The van der Waals surface area contributed by atoms with Crippen LogP contribution in [-0.2, 0) is 4.79 Å². The Bertz CT molecular complexity index is 809. The largest absolute Gasteiger partial charge is 0.431 e. The molecule has 0 aliphatic rings. The van der Waals surface area contributed by atoms with Gasteiger partial charge in [0.1, 0.15) is 11.3 Å². The van der Waals surface area contributed by atoms with Crippen molar-refractivity contribution >= 4 is 34.6 Å². The fraction of sp³-hybridized carbons (Fsp3) is 0.353. The predicted octanol–water partition coefficient (Wildman–Crippen LogP) is 4.11. The van der Waals surface area contributed by atoms with Gasteiger partial charge in [0.05, 0.1) is 17.5 Å². The Morgan fingerprint density at radius 2 is 2.12 bits per heavy atom. The number of hydrogen-bond donors (Lipinski definition) is 1. The topological polar surface area (TPSA) is 73.0 Å². The highest BCUT2D eigenvalue weighted by Gasteiger charge is 2.20. The Morgan fingerprint density at radius 1 is 1.33 bits per heavy atom. The van der Waals surface area contributed by atoms with Crippen LogP contribution in [0.3, 0.4) is 0 Å². The van der Waals surface area contributed by atoms with Gasteiger partial charge in [-0.1, -0.05) is 30.8 Å². The number of nitrogens with one attached hydrogen (secondary N) is 1. The number of nitrogens with zero attached hydrogens (tertiary/aromatic N) is 3. The number of fused-ring (bicyclic) bond motifs is 1. The van der Waals surface area contributed by atoms with Crippen molar-refractivity contribution in [3.63, 3.8) is 0 Å². The molecule has 24 heavy (non-hydrogen) atoms. The Hall–Kier alpha value is -2.28. The molecule has 1 N–H and O–H groups in total. The van der Waals surface area contributed by atoms with Gasteiger partial charge in [0, 0.05) is 6.07 Å². The average Bonchev–Trinajstić information content (AvgIpc) is 3.19. The van der Waals surface area contributed by atoms with E-state index < -0.39 is 0 Å². The molecule has 2 aromatic heterocycles. The molecule has 6 nitrogen and oxygen atoms in total. The van der Waals surface area contributed by atoms with Crippen LogP contribution in [0.25, 0.3) is 11.1 Å². The molecule has 0 saturated carbocycles. The van der Waals surface area contributed by atoms with Crippen molar-refractivity contribution in [2.75, 3.05) is 5.32 Å². The van der Waals surface area contributed by atoms with Gasteiger partial charge >= 0.3 is 0 Å². The smallest absolute Gasteiger partial charge is 0.257 e. The standard InChI is InChI=1S/C17H20N4O2S/c1-4-11(2)21-15(9-10-18-21)20-16(22)12(3)24-17-19-13-7-5-6-8-14(13)23-17/h5-12H,4H2,1-3H3,(H,20,22)/t11-,12+/m0/s1. The summed E-state index contributed by atoms with van der Waals surface area (Å²) in [6, 6.07) is 9.59. The van der Waals surface area contributed by atoms with Gasteiger partial charge < -0.3 is 9.73 Å². The van der Waals surface area contributed by atoms with Gasteiger partial charge in [0.2, 0.25) is 5.91 Å². The quantitative estimate of drug-likeness (QED) is 0.681. The van der Waals surface area contributed by atoms with Gasteiger partial charge in [0.25, 0.3) is 5.22 Å². The van der Waals surface area contributed by atoms with Crippen LogP contribution in [0.1, 0.15) is 33.2 Å². The van der Waals surface area contributed by atoms with Crippen molar-refractivity contribution in [1.82, 2.24) is 14.8 Å². The maximum atomic E-state index is 12.5. The van der Waals surface area contributed by atoms with E-state index in [4.69, 9.17) is 4.42 Å². The summed E-state index contributed by atoms with van der Waals surface area (Å²) in [6.07, 6.45) is 2.64. The first-order valence-corrected chi connectivity index (χ1v) is 8.83. The number of amides is 1. The molecule has 1 amide bonds. The lowest BCUT2D eigenvalue weighted by molar-refractivity contribution is -0.115. The van der Waals surface area contributed by atoms with Crippen LogP contribution in [0.15, 0.2) is 46.2 Å². The molecule has 2 heterocycles. The SMILES string of the molecule is CC[C@H](C)n1nccc1NC(=O)[C@@H](C)Sc1nc2ccccc2o1. The Kier molecular flexibility index (Phi) is 4.89. The van der Waals surface area contributed by atoms with E-state index in [1.807, 2.05) is 35.9 Å². The van der Waals surface area contributed by atoms with Gasteiger partial charge in [-0.15, -0.1) is 0 Å². The van der Waals surface area contributed by atoms with Crippen LogP contribution in [0, 0.1) is 0 Å². The number of carbonyl (C=O) groups excluding carboxylic acids is 1. The molecule has 3 rings (SSSR count). The highest BCUT2D eigenvalue weighted by molar-refractivity contribution is 8.00. The van der Waals surface area contributed by atoms with Gasteiger partial charge in [-0.2, -0.15) is 5.10 Å². The van der Waals surface area contributed by atoms with Crippen molar-refractivity contribution in [3.05, 3.63) is 36.5 Å². The van der Waals surface area contributed by atoms with E-state index in [1.54, 1.807) is 12.3 Å². The van der Waals surface area contributed by atoms with E-state index in [-0.39, 0.29) is 17.2 Å². The van der Waals surface area contributed by atoms with Crippen molar-refractivity contribution in [2.45, 2.75) is 43.7 Å². The third kappa shape index (κ3) is 3.46. The molecule has 0 unspecified atom stereocenters. The molecule has 0 bridgehead atoms. The van der Waals surface area contributed by atoms with E-state index in [1.165, 1.54) is 11.8 Å². The Balaban J connectivity index is 1.67. The molecule has 3 aromatic rings. The van der Waals surface area contributed by atoms with E-state index in [0.717, 1.165) is 17.5 Å². The summed E-state index contributed by atoms with van der Waals surface area (Å²) in [5.41, 5.74) is 1.52. The highest BCUT2D eigenvalue weighted by Crippen LogP contribution is 2.27. The molecular weight excluding hydrogens is 324 g/mol. The molecule has 0 spiro atoms. The monoisotopic (exact) mass is 344 g/mol. The zero-order valence-electron chi connectivity index (χ0n) is 13.9. The first-order valence-electron chi connectivity index (χ1n) is 7.95. The fourth-order valence-corrected chi connectivity index (χ4v) is 3.03. The number of benzene rings is 1. The predicted molar refractivity (Wildman–Crippen MR) is 95.2 cm³/mol. The number of carbonyl (C=O) groups is 1.